The number of nitrogens with zero attached hydrogens (tertiary/aromatic N) is 1. The first-order chi connectivity index (χ1) is 12.8. The van der Waals surface area contributed by atoms with Gasteiger partial charge in [-0.2, -0.15) is 0 Å². The molecular formula is C21H32N2O4. The molecular weight excluding hydrogens is 344 g/mol. The van der Waals surface area contributed by atoms with Gasteiger partial charge < -0.3 is 19.7 Å². The highest BCUT2D eigenvalue weighted by atomic mass is 16.6. The summed E-state index contributed by atoms with van der Waals surface area (Å²) < 4.78 is 10.3. The third-order valence-corrected chi connectivity index (χ3v) is 4.44. The molecule has 1 aliphatic heterocycles. The number of esters is 1. The summed E-state index contributed by atoms with van der Waals surface area (Å²) in [5.41, 5.74) is 1.83. The Bertz CT molecular complexity index is 614. The summed E-state index contributed by atoms with van der Waals surface area (Å²) in [5, 5.41) is 2.96. The lowest BCUT2D eigenvalue weighted by atomic mass is 10.0. The predicted octanol–water partition coefficient (Wildman–Crippen LogP) is 3.68. The van der Waals surface area contributed by atoms with Crippen molar-refractivity contribution in [1.82, 2.24) is 5.32 Å². The molecule has 1 aromatic carbocycles. The molecule has 6 heteroatoms. The summed E-state index contributed by atoms with van der Waals surface area (Å²) >= 11 is 0. The highest BCUT2D eigenvalue weighted by Gasteiger charge is 2.23. The van der Waals surface area contributed by atoms with Crippen LogP contribution in [0.3, 0.4) is 0 Å². The zero-order valence-corrected chi connectivity index (χ0v) is 16.9. The maximum atomic E-state index is 11.9. The van der Waals surface area contributed by atoms with Crippen molar-refractivity contribution in [2.75, 3.05) is 24.6 Å². The Hall–Kier alpha value is -2.24. The van der Waals surface area contributed by atoms with Gasteiger partial charge in [0.05, 0.1) is 6.61 Å². The number of nitrogens with one attached hydrogen (secondary N) is 1. The Labute approximate surface area is 162 Å². The van der Waals surface area contributed by atoms with Crippen LogP contribution in [0, 0.1) is 0 Å². The molecule has 2 rings (SSSR count). The Balaban J connectivity index is 1.77. The number of amides is 1. The van der Waals surface area contributed by atoms with Crippen LogP contribution in [0.2, 0.25) is 0 Å². The van der Waals surface area contributed by atoms with Crippen LogP contribution in [0.15, 0.2) is 24.3 Å². The molecule has 1 heterocycles. The highest BCUT2D eigenvalue weighted by molar-refractivity contribution is 5.69. The van der Waals surface area contributed by atoms with Crippen molar-refractivity contribution < 1.29 is 19.1 Å². The molecule has 0 unspecified atom stereocenters. The molecule has 27 heavy (non-hydrogen) atoms. The van der Waals surface area contributed by atoms with Crippen molar-refractivity contribution in [2.45, 2.75) is 65.0 Å². The van der Waals surface area contributed by atoms with Crippen molar-refractivity contribution in [1.29, 1.82) is 0 Å². The summed E-state index contributed by atoms with van der Waals surface area (Å²) in [4.78, 5) is 25.7. The van der Waals surface area contributed by atoms with Gasteiger partial charge in [0.2, 0.25) is 0 Å². The molecule has 1 N–H and O–H groups in total. The van der Waals surface area contributed by atoms with Gasteiger partial charge in [-0.15, -0.1) is 0 Å². The predicted molar refractivity (Wildman–Crippen MR) is 106 cm³/mol. The molecule has 0 spiro atoms. The minimum atomic E-state index is -0.472. The molecule has 0 bridgehead atoms. The van der Waals surface area contributed by atoms with Gasteiger partial charge in [0, 0.05) is 31.2 Å². The van der Waals surface area contributed by atoms with Crippen molar-refractivity contribution in [3.63, 3.8) is 0 Å². The maximum absolute atomic E-state index is 11.9. The normalized spacial score (nSPS) is 15.3. The lowest BCUT2D eigenvalue weighted by Gasteiger charge is -2.34. The van der Waals surface area contributed by atoms with Crippen LogP contribution < -0.4 is 10.2 Å². The number of anilines is 1. The quantitative estimate of drug-likeness (QED) is 0.767. The molecule has 0 saturated carbocycles. The van der Waals surface area contributed by atoms with Gasteiger partial charge in [0.1, 0.15) is 5.60 Å². The average Bonchev–Trinajstić information content (AvgIpc) is 2.60. The largest absolute Gasteiger partial charge is 0.466 e. The number of piperidine rings is 1. The van der Waals surface area contributed by atoms with Crippen LogP contribution in [0.5, 0.6) is 0 Å². The number of hydrogen-bond acceptors (Lipinski definition) is 5. The first-order valence-electron chi connectivity index (χ1n) is 9.76. The number of ether oxygens (including phenoxy) is 2. The highest BCUT2D eigenvalue weighted by Crippen LogP contribution is 2.21. The fourth-order valence-corrected chi connectivity index (χ4v) is 3.11. The third-order valence-electron chi connectivity index (χ3n) is 4.44. The Morgan fingerprint density at radius 1 is 1.15 bits per heavy atom. The van der Waals surface area contributed by atoms with Crippen molar-refractivity contribution in [2.24, 2.45) is 0 Å². The molecule has 1 amide bonds. The van der Waals surface area contributed by atoms with E-state index in [1.807, 2.05) is 27.7 Å². The molecule has 0 radical (unpaired) electrons. The number of carbonyl (C=O) groups excluding carboxylic acids is 2. The molecule has 1 aliphatic rings. The summed E-state index contributed by atoms with van der Waals surface area (Å²) in [6, 6.07) is 8.49. The molecule has 0 aliphatic carbocycles. The van der Waals surface area contributed by atoms with Gasteiger partial charge in [0.15, 0.2) is 0 Å². The second-order valence-electron chi connectivity index (χ2n) is 7.88. The van der Waals surface area contributed by atoms with E-state index < -0.39 is 5.60 Å². The topological polar surface area (TPSA) is 67.9 Å². The molecule has 150 valence electrons. The number of aryl methyl sites for hydroxylation is 1. The number of alkyl carbamates (subject to hydrolysis) is 1. The maximum Gasteiger partial charge on any atom is 0.407 e. The fourth-order valence-electron chi connectivity index (χ4n) is 3.11. The zero-order chi connectivity index (χ0) is 19.9. The van der Waals surface area contributed by atoms with E-state index in [4.69, 9.17) is 9.47 Å². The lowest BCUT2D eigenvalue weighted by molar-refractivity contribution is -0.143. The van der Waals surface area contributed by atoms with E-state index >= 15 is 0 Å². The SMILES string of the molecule is CCOC(=O)CCc1ccc(N2CCC(NC(=O)OC(C)(C)C)CC2)cc1. The Morgan fingerprint density at radius 2 is 1.78 bits per heavy atom. The smallest absolute Gasteiger partial charge is 0.407 e. The summed E-state index contributed by atoms with van der Waals surface area (Å²) in [7, 11) is 0. The monoisotopic (exact) mass is 376 g/mol. The minimum absolute atomic E-state index is 0.152. The van der Waals surface area contributed by atoms with Crippen molar-refractivity contribution >= 4 is 17.7 Å². The Kier molecular flexibility index (Phi) is 7.51. The van der Waals surface area contributed by atoms with Crippen LogP contribution in [0.1, 0.15) is 52.5 Å². The molecule has 1 aromatic rings. The number of rotatable bonds is 6. The minimum Gasteiger partial charge on any atom is -0.466 e. The number of carbonyl (C=O) groups is 2. The second-order valence-corrected chi connectivity index (χ2v) is 7.88. The Morgan fingerprint density at radius 3 is 2.33 bits per heavy atom. The van der Waals surface area contributed by atoms with Crippen LogP contribution in [0.4, 0.5) is 10.5 Å². The van der Waals surface area contributed by atoms with Crippen molar-refractivity contribution in [3.8, 4) is 0 Å². The van der Waals surface area contributed by atoms with E-state index in [-0.39, 0.29) is 18.1 Å². The molecule has 1 saturated heterocycles. The average molecular weight is 376 g/mol. The van der Waals surface area contributed by atoms with Gasteiger partial charge in [0.25, 0.3) is 0 Å². The number of hydrogen-bond donors (Lipinski definition) is 1. The lowest BCUT2D eigenvalue weighted by Crippen LogP contribution is -2.46. The summed E-state index contributed by atoms with van der Waals surface area (Å²) in [6.07, 6.45) is 2.55. The number of benzene rings is 1. The van der Waals surface area contributed by atoms with Gasteiger partial charge >= 0.3 is 12.1 Å². The molecule has 0 atom stereocenters. The fraction of sp³-hybridized carbons (Fsp3) is 0.619. The summed E-state index contributed by atoms with van der Waals surface area (Å²) in [6.45, 7) is 9.63. The van der Waals surface area contributed by atoms with E-state index in [2.05, 4.69) is 34.5 Å². The van der Waals surface area contributed by atoms with E-state index in [0.717, 1.165) is 31.5 Å². The van der Waals surface area contributed by atoms with E-state index in [1.165, 1.54) is 5.69 Å². The van der Waals surface area contributed by atoms with Crippen LogP contribution >= 0.6 is 0 Å². The molecule has 1 fully saturated rings. The van der Waals surface area contributed by atoms with Crippen molar-refractivity contribution in [3.05, 3.63) is 29.8 Å². The van der Waals surface area contributed by atoms with Gasteiger partial charge in [-0.3, -0.25) is 4.79 Å². The van der Waals surface area contributed by atoms with E-state index in [9.17, 15) is 9.59 Å². The standard InChI is InChI=1S/C21H32N2O4/c1-5-26-19(24)11-8-16-6-9-18(10-7-16)23-14-12-17(13-15-23)22-20(25)27-21(2,3)4/h6-7,9-10,17H,5,8,11-15H2,1-4H3,(H,22,25). The van der Waals surface area contributed by atoms with Gasteiger partial charge in [-0.1, -0.05) is 12.1 Å². The molecule has 0 aromatic heterocycles. The van der Waals surface area contributed by atoms with Gasteiger partial charge in [-0.25, -0.2) is 4.79 Å². The molecule has 6 nitrogen and oxygen atoms in total. The first-order valence-corrected chi connectivity index (χ1v) is 9.76. The van der Waals surface area contributed by atoms with E-state index in [1.54, 1.807) is 0 Å². The van der Waals surface area contributed by atoms with Crippen LogP contribution in [-0.2, 0) is 20.7 Å². The first kappa shape index (κ1) is 21.1. The zero-order valence-electron chi connectivity index (χ0n) is 16.9. The van der Waals surface area contributed by atoms with Gasteiger partial charge in [-0.05, 0) is 64.7 Å². The summed E-state index contributed by atoms with van der Waals surface area (Å²) in [5.74, 6) is -0.152. The second kappa shape index (κ2) is 9.62. The van der Waals surface area contributed by atoms with Crippen LogP contribution in [0.25, 0.3) is 0 Å². The third kappa shape index (κ3) is 7.49. The van der Waals surface area contributed by atoms with Crippen LogP contribution in [-0.4, -0.2) is 43.4 Å². The van der Waals surface area contributed by atoms with E-state index in [0.29, 0.717) is 19.4 Å².